The van der Waals surface area contributed by atoms with Crippen molar-refractivity contribution in [2.45, 2.75) is 30.6 Å². The molecule has 166 valence electrons. The van der Waals surface area contributed by atoms with E-state index in [2.05, 4.69) is 23.0 Å². The summed E-state index contributed by atoms with van der Waals surface area (Å²) >= 11 is 0. The Kier molecular flexibility index (Phi) is 18.8. The molecule has 1 aliphatic heterocycles. The number of carbonyl (C=O) groups is 2. The molecule has 17 heteroatoms. The fourth-order valence-corrected chi connectivity index (χ4v) is 2.99. The molecule has 1 aromatic heterocycles. The van der Waals surface area contributed by atoms with Gasteiger partial charge >= 0.3 is 71.1 Å². The molecule has 2 rings (SSSR count). The van der Waals surface area contributed by atoms with Gasteiger partial charge in [-0.15, -0.1) is 0 Å². The minimum absolute atomic E-state index is 0. The van der Waals surface area contributed by atoms with Crippen LogP contribution in [0.25, 0.3) is 0 Å². The maximum Gasteiger partial charge on any atom is 1.00 e. The van der Waals surface area contributed by atoms with Crippen LogP contribution in [-0.2, 0) is 30.1 Å². The zero-order valence-corrected chi connectivity index (χ0v) is 22.7. The number of pyridine rings is 1. The molecule has 1 aromatic rings. The Morgan fingerprint density at radius 2 is 1.74 bits per heavy atom. The summed E-state index contributed by atoms with van der Waals surface area (Å²) in [4.78, 5) is 26.5. The van der Waals surface area contributed by atoms with Crippen molar-refractivity contribution < 1.29 is 109 Å². The molecule has 2 atom stereocenters. The third kappa shape index (κ3) is 18.0. The van der Waals surface area contributed by atoms with Crippen molar-refractivity contribution >= 4 is 32.5 Å². The van der Waals surface area contributed by atoms with Crippen LogP contribution in [0, 0.1) is 0 Å². The van der Waals surface area contributed by atoms with E-state index >= 15 is 0 Å². The summed E-state index contributed by atoms with van der Waals surface area (Å²) in [5, 5.41) is 13.9. The van der Waals surface area contributed by atoms with Crippen molar-refractivity contribution in [2.75, 3.05) is 13.6 Å². The maximum absolute atomic E-state index is 10.2. The Hall–Kier alpha value is -0.170. The minimum atomic E-state index is -5.17. The van der Waals surface area contributed by atoms with Crippen LogP contribution in [0.2, 0.25) is 0 Å². The summed E-state index contributed by atoms with van der Waals surface area (Å²) in [6.45, 7) is 1.22. The van der Waals surface area contributed by atoms with E-state index in [0.29, 0.717) is 6.04 Å². The van der Waals surface area contributed by atoms with Gasteiger partial charge < -0.3 is 19.3 Å². The molecular formula is C14H20N2Na2O11S2. The minimum Gasteiger partial charge on any atom is -0.759 e. The topological polar surface area (TPSA) is 225 Å². The Morgan fingerprint density at radius 1 is 1.23 bits per heavy atom. The number of carboxylic acids is 2. The van der Waals surface area contributed by atoms with Crippen LogP contribution in [0.1, 0.15) is 30.9 Å². The predicted molar refractivity (Wildman–Crippen MR) is 94.5 cm³/mol. The van der Waals surface area contributed by atoms with Gasteiger partial charge in [-0.2, -0.15) is 8.42 Å². The first-order chi connectivity index (χ1) is 13.1. The number of likely N-dealkylation sites (tertiary alicyclic amines) is 1. The van der Waals surface area contributed by atoms with Crippen molar-refractivity contribution in [1.29, 1.82) is 0 Å². The molecule has 13 nitrogen and oxygen atoms in total. The quantitative estimate of drug-likeness (QED) is 0.194. The Balaban J connectivity index is -0.000000397. The van der Waals surface area contributed by atoms with Gasteiger partial charge in [0.05, 0.1) is 6.42 Å². The molecule has 1 saturated heterocycles. The molecule has 3 N–H and O–H groups in total. The molecule has 0 radical (unpaired) electrons. The average Bonchev–Trinajstić information content (AvgIpc) is 2.97. The summed E-state index contributed by atoms with van der Waals surface area (Å²) in [6, 6.07) is 4.79. The standard InChI is InChI=1S/C10H14N2.C4H6O7S.2Na.H2O4S/c1-12-7-3-5-10(12)9-4-2-6-11-8-9;5-3(6)1-2(4(7)8)12(9,10)11;;;1-5(2,3)4/h2,4,6,8,10H,3,5,7H2,1H3;2H,1H2,(H,5,6)(H,7,8)(H,9,10,11);;;(H2,1,2,3,4)/q;;2*+1;/p-2. The molecule has 0 spiro atoms. The number of aliphatic carboxylic acids is 2. The van der Waals surface area contributed by atoms with Crippen molar-refractivity contribution in [2.24, 2.45) is 0 Å². The summed E-state index contributed by atoms with van der Waals surface area (Å²) in [6.07, 6.45) is 5.25. The van der Waals surface area contributed by atoms with Crippen LogP contribution in [-0.4, -0.2) is 81.4 Å². The van der Waals surface area contributed by atoms with Gasteiger partial charge in [0.15, 0.2) is 5.25 Å². The SMILES string of the molecule is CN1CCCC1c1cccnc1.O=C(O)CC(C(=O)O)S(=O)(=O)O.O=S(=O)([O-])[O-].[Na+].[Na+]. The van der Waals surface area contributed by atoms with Gasteiger partial charge in [0.1, 0.15) is 0 Å². The van der Waals surface area contributed by atoms with E-state index in [9.17, 15) is 18.0 Å². The molecule has 0 amide bonds. The van der Waals surface area contributed by atoms with Gasteiger partial charge in [0.2, 0.25) is 0 Å². The molecule has 1 aliphatic rings. The van der Waals surface area contributed by atoms with Crippen LogP contribution in [0.5, 0.6) is 0 Å². The summed E-state index contributed by atoms with van der Waals surface area (Å²) in [5.74, 6) is -3.50. The Labute approximate surface area is 224 Å². The second-order valence-electron chi connectivity index (χ2n) is 5.77. The maximum atomic E-state index is 10.2. The summed E-state index contributed by atoms with van der Waals surface area (Å²) in [7, 11) is -7.82. The average molecular weight is 502 g/mol. The zero-order chi connectivity index (χ0) is 22.8. The number of aromatic nitrogens is 1. The summed E-state index contributed by atoms with van der Waals surface area (Å²) in [5.41, 5.74) is 1.36. The molecular weight excluding hydrogens is 482 g/mol. The van der Waals surface area contributed by atoms with Crippen LogP contribution in [0.4, 0.5) is 0 Å². The summed E-state index contributed by atoms with van der Waals surface area (Å²) < 4.78 is 62.7. The van der Waals surface area contributed by atoms with Crippen LogP contribution < -0.4 is 59.1 Å². The van der Waals surface area contributed by atoms with Gasteiger partial charge in [-0.3, -0.25) is 32.4 Å². The number of nitrogens with zero attached hydrogens (tertiary/aromatic N) is 2. The van der Waals surface area contributed by atoms with Gasteiger partial charge in [0.25, 0.3) is 10.1 Å². The van der Waals surface area contributed by atoms with Gasteiger partial charge in [-0.25, -0.2) is 0 Å². The fraction of sp³-hybridized carbons (Fsp3) is 0.500. The molecule has 31 heavy (non-hydrogen) atoms. The first-order valence-corrected chi connectivity index (χ1v) is 10.6. The van der Waals surface area contributed by atoms with Crippen molar-refractivity contribution in [3.8, 4) is 0 Å². The third-order valence-corrected chi connectivity index (χ3v) is 4.67. The second kappa shape index (κ2) is 16.4. The number of hydrogen-bond donors (Lipinski definition) is 3. The first kappa shape index (κ1) is 35.4. The van der Waals surface area contributed by atoms with Gasteiger partial charge in [0, 0.05) is 28.8 Å². The normalized spacial score (nSPS) is 16.7. The molecule has 2 unspecified atom stereocenters. The van der Waals surface area contributed by atoms with Gasteiger partial charge in [-0.1, -0.05) is 6.07 Å². The fourth-order valence-electron chi connectivity index (χ4n) is 2.38. The predicted octanol–water partition coefficient (Wildman–Crippen LogP) is -6.68. The monoisotopic (exact) mass is 502 g/mol. The van der Waals surface area contributed by atoms with Crippen molar-refractivity contribution in [3.05, 3.63) is 30.1 Å². The van der Waals surface area contributed by atoms with Crippen LogP contribution in [0.3, 0.4) is 0 Å². The van der Waals surface area contributed by atoms with Crippen LogP contribution in [0.15, 0.2) is 24.5 Å². The number of rotatable bonds is 5. The molecule has 0 aliphatic carbocycles. The van der Waals surface area contributed by atoms with Crippen LogP contribution >= 0.6 is 0 Å². The number of hydrogen-bond acceptors (Lipinski definition) is 10. The van der Waals surface area contributed by atoms with Crippen molar-refractivity contribution in [3.63, 3.8) is 0 Å². The van der Waals surface area contributed by atoms with E-state index in [0.717, 1.165) is 0 Å². The van der Waals surface area contributed by atoms with E-state index in [-0.39, 0.29) is 59.1 Å². The zero-order valence-electron chi connectivity index (χ0n) is 17.1. The van der Waals surface area contributed by atoms with E-state index < -0.39 is 44.1 Å². The molecule has 1 fully saturated rings. The second-order valence-corrected chi connectivity index (χ2v) is 8.19. The molecule has 0 bridgehead atoms. The van der Waals surface area contributed by atoms with Crippen molar-refractivity contribution in [1.82, 2.24) is 9.88 Å². The van der Waals surface area contributed by atoms with E-state index in [4.69, 9.17) is 32.3 Å². The van der Waals surface area contributed by atoms with E-state index in [1.807, 2.05) is 18.5 Å². The largest absolute Gasteiger partial charge is 1.00 e. The molecule has 2 heterocycles. The first-order valence-electron chi connectivity index (χ1n) is 7.80. The smallest absolute Gasteiger partial charge is 0.759 e. The van der Waals surface area contributed by atoms with E-state index in [1.165, 1.54) is 24.9 Å². The molecule has 0 aromatic carbocycles. The van der Waals surface area contributed by atoms with Gasteiger partial charge in [-0.05, 0) is 38.1 Å². The Bertz CT molecular complexity index is 875. The van der Waals surface area contributed by atoms with E-state index in [1.54, 1.807) is 0 Å². The molecule has 0 saturated carbocycles. The Morgan fingerprint density at radius 3 is 2.00 bits per heavy atom. The third-order valence-electron chi connectivity index (χ3n) is 3.58. The number of carboxylic acid groups (broad SMARTS) is 2.